The third-order valence-corrected chi connectivity index (χ3v) is 4.64. The molecule has 5 heteroatoms. The minimum Gasteiger partial charge on any atom is -0.481 e. The van der Waals surface area contributed by atoms with E-state index in [4.69, 9.17) is 21.3 Å². The van der Waals surface area contributed by atoms with E-state index in [1.807, 2.05) is 30.3 Å². The Morgan fingerprint density at radius 1 is 0.923 bits per heavy atom. The molecule has 0 saturated carbocycles. The standard InChI is InChI=1S/C21H18ClN3O/c1-12-4-7-16(13(2)10-12)24-20-15-6-5-14(22)11-18(15)23-17-8-9-19(26-3)25-21(17)20/h4-11H,1-3H3,(H,23,24). The molecule has 0 aliphatic heterocycles. The number of aromatic nitrogens is 2. The van der Waals surface area contributed by atoms with Gasteiger partial charge in [0.25, 0.3) is 0 Å². The second kappa shape index (κ2) is 6.46. The van der Waals surface area contributed by atoms with Crippen molar-refractivity contribution < 1.29 is 4.74 Å². The zero-order valence-electron chi connectivity index (χ0n) is 14.8. The van der Waals surface area contributed by atoms with Crippen LogP contribution in [-0.4, -0.2) is 17.1 Å². The molecule has 1 N–H and O–H groups in total. The summed E-state index contributed by atoms with van der Waals surface area (Å²) in [6.07, 6.45) is 0. The molecule has 130 valence electrons. The minimum absolute atomic E-state index is 0.552. The number of nitrogens with zero attached hydrogens (tertiary/aromatic N) is 2. The molecule has 0 atom stereocenters. The molecular formula is C21H18ClN3O. The Morgan fingerprint density at radius 2 is 1.77 bits per heavy atom. The smallest absolute Gasteiger partial charge is 0.213 e. The second-order valence-electron chi connectivity index (χ2n) is 6.31. The van der Waals surface area contributed by atoms with Crippen LogP contribution in [0.3, 0.4) is 0 Å². The summed E-state index contributed by atoms with van der Waals surface area (Å²) in [6.45, 7) is 4.17. The molecule has 4 nitrogen and oxygen atoms in total. The number of rotatable bonds is 3. The normalized spacial score (nSPS) is 11.1. The largest absolute Gasteiger partial charge is 0.481 e. The first-order valence-corrected chi connectivity index (χ1v) is 8.71. The molecule has 2 aromatic heterocycles. The molecule has 2 aromatic carbocycles. The van der Waals surface area contributed by atoms with Crippen molar-refractivity contribution in [2.45, 2.75) is 13.8 Å². The number of hydrogen-bond acceptors (Lipinski definition) is 4. The summed E-state index contributed by atoms with van der Waals surface area (Å²) < 4.78 is 5.31. The average Bonchev–Trinajstić information content (AvgIpc) is 2.63. The molecule has 26 heavy (non-hydrogen) atoms. The Hall–Kier alpha value is -2.85. The van der Waals surface area contributed by atoms with Crippen LogP contribution in [0.25, 0.3) is 21.9 Å². The summed E-state index contributed by atoms with van der Waals surface area (Å²) in [6, 6.07) is 15.8. The summed E-state index contributed by atoms with van der Waals surface area (Å²) in [7, 11) is 1.61. The van der Waals surface area contributed by atoms with E-state index < -0.39 is 0 Å². The lowest BCUT2D eigenvalue weighted by molar-refractivity contribution is 0.399. The summed E-state index contributed by atoms with van der Waals surface area (Å²) in [4.78, 5) is 9.34. The van der Waals surface area contributed by atoms with E-state index in [-0.39, 0.29) is 0 Å². The van der Waals surface area contributed by atoms with E-state index >= 15 is 0 Å². The minimum atomic E-state index is 0.552. The predicted octanol–water partition coefficient (Wildman–Crippen LogP) is 5.81. The Morgan fingerprint density at radius 3 is 2.54 bits per heavy atom. The number of halogens is 1. The first-order chi connectivity index (χ1) is 12.5. The molecule has 0 fully saturated rings. The molecule has 0 bridgehead atoms. The van der Waals surface area contributed by atoms with Gasteiger partial charge in [0, 0.05) is 22.2 Å². The predicted molar refractivity (Wildman–Crippen MR) is 108 cm³/mol. The number of methoxy groups -OCH3 is 1. The van der Waals surface area contributed by atoms with Crippen LogP contribution in [0.2, 0.25) is 5.02 Å². The average molecular weight is 364 g/mol. The highest BCUT2D eigenvalue weighted by Gasteiger charge is 2.13. The van der Waals surface area contributed by atoms with Gasteiger partial charge in [0.15, 0.2) is 0 Å². The molecule has 0 aliphatic rings. The van der Waals surface area contributed by atoms with Gasteiger partial charge in [-0.1, -0.05) is 29.3 Å². The Kier molecular flexibility index (Phi) is 4.13. The van der Waals surface area contributed by atoms with E-state index in [1.165, 1.54) is 11.1 Å². The van der Waals surface area contributed by atoms with Gasteiger partial charge in [-0.25, -0.2) is 9.97 Å². The van der Waals surface area contributed by atoms with Crippen molar-refractivity contribution in [3.05, 3.63) is 64.7 Å². The molecule has 0 aliphatic carbocycles. The maximum absolute atomic E-state index is 6.18. The molecule has 2 heterocycles. The summed E-state index contributed by atoms with van der Waals surface area (Å²) in [5.41, 5.74) is 6.69. The number of hydrogen-bond donors (Lipinski definition) is 1. The number of nitrogens with one attached hydrogen (secondary N) is 1. The fourth-order valence-corrected chi connectivity index (χ4v) is 3.27. The Balaban J connectivity index is 2.01. The molecule has 0 unspecified atom stereocenters. The van der Waals surface area contributed by atoms with E-state index in [0.717, 1.165) is 33.3 Å². The van der Waals surface area contributed by atoms with Crippen LogP contribution in [0, 0.1) is 13.8 Å². The third kappa shape index (κ3) is 2.93. The number of fused-ring (bicyclic) bond motifs is 2. The quantitative estimate of drug-likeness (QED) is 0.467. The van der Waals surface area contributed by atoms with E-state index in [9.17, 15) is 0 Å². The lowest BCUT2D eigenvalue weighted by atomic mass is 10.1. The van der Waals surface area contributed by atoms with Gasteiger partial charge in [0.05, 0.1) is 23.8 Å². The SMILES string of the molecule is COc1ccc2nc3cc(Cl)ccc3c(Nc3ccc(C)cc3C)c2n1. The maximum Gasteiger partial charge on any atom is 0.213 e. The highest BCUT2D eigenvalue weighted by molar-refractivity contribution is 6.31. The van der Waals surface area contributed by atoms with Gasteiger partial charge in [0.2, 0.25) is 5.88 Å². The topological polar surface area (TPSA) is 47.0 Å². The Labute approximate surface area is 156 Å². The number of aryl methyl sites for hydroxylation is 2. The van der Waals surface area contributed by atoms with Crippen LogP contribution >= 0.6 is 11.6 Å². The molecule has 4 aromatic rings. The van der Waals surface area contributed by atoms with Crippen molar-refractivity contribution in [2.75, 3.05) is 12.4 Å². The van der Waals surface area contributed by atoms with Crippen molar-refractivity contribution in [1.82, 2.24) is 9.97 Å². The van der Waals surface area contributed by atoms with Crippen LogP contribution in [0.15, 0.2) is 48.5 Å². The summed E-state index contributed by atoms with van der Waals surface area (Å²) in [5, 5.41) is 5.17. The Bertz CT molecular complexity index is 1140. The van der Waals surface area contributed by atoms with Gasteiger partial charge in [-0.2, -0.15) is 0 Å². The first kappa shape index (κ1) is 16.6. The van der Waals surface area contributed by atoms with Crippen LogP contribution in [0.1, 0.15) is 11.1 Å². The highest BCUT2D eigenvalue weighted by Crippen LogP contribution is 2.35. The van der Waals surface area contributed by atoms with Crippen molar-refractivity contribution in [1.29, 1.82) is 0 Å². The van der Waals surface area contributed by atoms with Gasteiger partial charge in [-0.15, -0.1) is 0 Å². The first-order valence-electron chi connectivity index (χ1n) is 8.33. The number of anilines is 2. The van der Waals surface area contributed by atoms with Crippen molar-refractivity contribution >= 4 is 44.9 Å². The van der Waals surface area contributed by atoms with Gasteiger partial charge >= 0.3 is 0 Å². The van der Waals surface area contributed by atoms with Crippen molar-refractivity contribution in [2.24, 2.45) is 0 Å². The van der Waals surface area contributed by atoms with E-state index in [2.05, 4.69) is 42.3 Å². The van der Waals surface area contributed by atoms with Crippen molar-refractivity contribution in [3.63, 3.8) is 0 Å². The lowest BCUT2D eigenvalue weighted by Crippen LogP contribution is -1.99. The maximum atomic E-state index is 6.18. The molecular weight excluding hydrogens is 346 g/mol. The monoisotopic (exact) mass is 363 g/mol. The van der Waals surface area contributed by atoms with Gasteiger partial charge in [-0.3, -0.25) is 0 Å². The number of ether oxygens (including phenoxy) is 1. The lowest BCUT2D eigenvalue weighted by Gasteiger charge is -2.15. The van der Waals surface area contributed by atoms with Crippen LogP contribution in [0.5, 0.6) is 5.88 Å². The molecule has 0 amide bonds. The van der Waals surface area contributed by atoms with E-state index in [1.54, 1.807) is 7.11 Å². The summed E-state index contributed by atoms with van der Waals surface area (Å²) in [5.74, 6) is 0.552. The van der Waals surface area contributed by atoms with Crippen LogP contribution < -0.4 is 10.1 Å². The van der Waals surface area contributed by atoms with Gasteiger partial charge in [-0.05, 0) is 49.7 Å². The third-order valence-electron chi connectivity index (χ3n) is 4.41. The molecule has 0 saturated heterocycles. The molecule has 0 radical (unpaired) electrons. The zero-order chi connectivity index (χ0) is 18.3. The van der Waals surface area contributed by atoms with Crippen LogP contribution in [0.4, 0.5) is 11.4 Å². The molecule has 4 rings (SSSR count). The fraction of sp³-hybridized carbons (Fsp3) is 0.143. The number of benzene rings is 2. The van der Waals surface area contributed by atoms with E-state index in [0.29, 0.717) is 10.9 Å². The summed E-state index contributed by atoms with van der Waals surface area (Å²) >= 11 is 6.18. The highest BCUT2D eigenvalue weighted by atomic mass is 35.5. The fourth-order valence-electron chi connectivity index (χ4n) is 3.10. The number of pyridine rings is 2. The molecule has 0 spiro atoms. The van der Waals surface area contributed by atoms with Crippen LogP contribution in [-0.2, 0) is 0 Å². The van der Waals surface area contributed by atoms with Gasteiger partial charge < -0.3 is 10.1 Å². The van der Waals surface area contributed by atoms with Gasteiger partial charge in [0.1, 0.15) is 5.52 Å². The zero-order valence-corrected chi connectivity index (χ0v) is 15.6. The van der Waals surface area contributed by atoms with Crippen molar-refractivity contribution in [3.8, 4) is 5.88 Å². The second-order valence-corrected chi connectivity index (χ2v) is 6.75.